The molecule has 0 N–H and O–H groups in total. The first-order valence-electron chi connectivity index (χ1n) is 14.8. The summed E-state index contributed by atoms with van der Waals surface area (Å²) in [5.41, 5.74) is 10.2. The van der Waals surface area contributed by atoms with Gasteiger partial charge in [-0.3, -0.25) is 0 Å². The highest BCUT2D eigenvalue weighted by atomic mass is 14.3. The molecule has 2 aromatic carbocycles. The van der Waals surface area contributed by atoms with Gasteiger partial charge in [-0.15, -0.1) is 0 Å². The minimum atomic E-state index is 0.399. The second-order valence-electron chi connectivity index (χ2n) is 11.8. The molecule has 2 aromatic rings. The summed E-state index contributed by atoms with van der Waals surface area (Å²) in [5.74, 6) is 3.24. The van der Waals surface area contributed by atoms with Crippen molar-refractivity contribution in [3.63, 3.8) is 0 Å². The highest BCUT2D eigenvalue weighted by Gasteiger charge is 2.29. The third-order valence-corrected chi connectivity index (χ3v) is 9.71. The van der Waals surface area contributed by atoms with E-state index in [-0.39, 0.29) is 0 Å². The molecule has 0 heterocycles. The van der Waals surface area contributed by atoms with E-state index < -0.39 is 0 Å². The summed E-state index contributed by atoms with van der Waals surface area (Å²) in [6.45, 7) is 2.22. The maximum atomic E-state index is 2.44. The summed E-state index contributed by atoms with van der Waals surface area (Å²) < 4.78 is 0. The molecule has 0 radical (unpaired) electrons. The quantitative estimate of drug-likeness (QED) is 0.391. The summed E-state index contributed by atoms with van der Waals surface area (Å²) in [7, 11) is 0. The van der Waals surface area contributed by atoms with Gasteiger partial charge in [0.2, 0.25) is 0 Å². The van der Waals surface area contributed by atoms with Gasteiger partial charge >= 0.3 is 0 Å². The van der Waals surface area contributed by atoms with Crippen LogP contribution in [0.15, 0.2) is 90.1 Å². The van der Waals surface area contributed by atoms with Crippen LogP contribution in [0.2, 0.25) is 0 Å². The Morgan fingerprint density at radius 1 is 0.639 bits per heavy atom. The van der Waals surface area contributed by atoms with Crippen molar-refractivity contribution in [3.05, 3.63) is 112 Å². The summed E-state index contributed by atoms with van der Waals surface area (Å²) in [5, 5.41) is 0. The van der Waals surface area contributed by atoms with E-state index in [1.165, 1.54) is 91.2 Å². The summed E-state index contributed by atoms with van der Waals surface area (Å²) in [6.07, 6.45) is 27.0. The molecule has 0 saturated heterocycles. The predicted molar refractivity (Wildman–Crippen MR) is 154 cm³/mol. The average molecular weight is 475 g/mol. The number of hydrogen-bond donors (Lipinski definition) is 0. The van der Waals surface area contributed by atoms with Crippen LogP contribution >= 0.6 is 0 Å². The number of allylic oxidation sites excluding steroid dienone is 8. The number of aryl methyl sites for hydroxylation is 1. The fourth-order valence-corrected chi connectivity index (χ4v) is 7.47. The van der Waals surface area contributed by atoms with Gasteiger partial charge in [-0.25, -0.2) is 0 Å². The molecule has 0 heteroatoms. The van der Waals surface area contributed by atoms with Gasteiger partial charge in [0.05, 0.1) is 0 Å². The van der Waals surface area contributed by atoms with Gasteiger partial charge in [-0.2, -0.15) is 0 Å². The van der Waals surface area contributed by atoms with E-state index in [1.54, 1.807) is 5.56 Å². The standard InChI is InChI=1S/C36H42/c1-2-26-11-17-32(18-12-26)35-24-23-33(34-9-6-10-36(34)35)25-27-13-15-29(16-14-27)31-21-19-30(20-22-31)28-7-4-3-5-8-28/h6,9-18,23-24,28,30-31,36H,2-5,7-8,19-22,25H2,1H3. The van der Waals surface area contributed by atoms with E-state index in [9.17, 15) is 0 Å². The molecule has 0 bridgehead atoms. The van der Waals surface area contributed by atoms with Crippen LogP contribution < -0.4 is 0 Å². The third-order valence-electron chi connectivity index (χ3n) is 9.71. The van der Waals surface area contributed by atoms with Gasteiger partial charge in [-0.1, -0.05) is 118 Å². The lowest BCUT2D eigenvalue weighted by Gasteiger charge is -2.36. The van der Waals surface area contributed by atoms with Crippen molar-refractivity contribution in [2.24, 2.45) is 17.8 Å². The smallest absolute Gasteiger partial charge is 0.0281 e. The summed E-state index contributed by atoms with van der Waals surface area (Å²) in [4.78, 5) is 0. The number of rotatable bonds is 6. The van der Waals surface area contributed by atoms with Crippen molar-refractivity contribution in [2.75, 3.05) is 0 Å². The first kappa shape index (κ1) is 23.8. The molecule has 6 rings (SSSR count). The van der Waals surface area contributed by atoms with Gasteiger partial charge in [0.15, 0.2) is 0 Å². The van der Waals surface area contributed by atoms with Crippen molar-refractivity contribution < 1.29 is 0 Å². The lowest BCUT2D eigenvalue weighted by Crippen LogP contribution is -2.23. The topological polar surface area (TPSA) is 0 Å². The van der Waals surface area contributed by atoms with Crippen molar-refractivity contribution in [1.29, 1.82) is 0 Å². The van der Waals surface area contributed by atoms with Crippen LogP contribution in [0, 0.1) is 17.8 Å². The van der Waals surface area contributed by atoms with Gasteiger partial charge in [0, 0.05) is 5.92 Å². The SMILES string of the molecule is CCc1ccc(C2=CC=C(Cc3ccc(C4CCC(C5CCCCC5)CC4)cc3)C3=CC=CC32)cc1. The van der Waals surface area contributed by atoms with Gasteiger partial charge < -0.3 is 0 Å². The Morgan fingerprint density at radius 2 is 1.33 bits per heavy atom. The molecule has 1 unspecified atom stereocenters. The first-order valence-corrected chi connectivity index (χ1v) is 14.8. The number of benzene rings is 2. The summed E-state index contributed by atoms with van der Waals surface area (Å²) >= 11 is 0. The van der Waals surface area contributed by atoms with E-state index >= 15 is 0 Å². The monoisotopic (exact) mass is 474 g/mol. The molecule has 1 atom stereocenters. The van der Waals surface area contributed by atoms with E-state index in [2.05, 4.69) is 85.8 Å². The molecule has 0 nitrogen and oxygen atoms in total. The Hall–Kier alpha value is -2.60. The average Bonchev–Trinajstić information content (AvgIpc) is 3.45. The molecule has 2 fully saturated rings. The molecule has 4 aliphatic rings. The Kier molecular flexibility index (Phi) is 7.13. The van der Waals surface area contributed by atoms with E-state index in [4.69, 9.17) is 0 Å². The molecule has 2 saturated carbocycles. The van der Waals surface area contributed by atoms with Gasteiger partial charge in [-0.05, 0) is 95.3 Å². The number of fused-ring (bicyclic) bond motifs is 1. The molecule has 0 aliphatic heterocycles. The lowest BCUT2D eigenvalue weighted by atomic mass is 9.70. The maximum Gasteiger partial charge on any atom is 0.0281 e. The lowest BCUT2D eigenvalue weighted by molar-refractivity contribution is 0.186. The van der Waals surface area contributed by atoms with E-state index in [1.807, 2.05) is 0 Å². The van der Waals surface area contributed by atoms with Crippen LogP contribution in [-0.4, -0.2) is 0 Å². The van der Waals surface area contributed by atoms with Crippen molar-refractivity contribution in [3.8, 4) is 0 Å². The normalized spacial score (nSPS) is 26.2. The van der Waals surface area contributed by atoms with Crippen LogP contribution in [0.4, 0.5) is 0 Å². The largest absolute Gasteiger partial charge is 0.0726 e. The predicted octanol–water partition coefficient (Wildman–Crippen LogP) is 9.78. The van der Waals surface area contributed by atoms with Gasteiger partial charge in [0.25, 0.3) is 0 Å². The second-order valence-corrected chi connectivity index (χ2v) is 11.8. The zero-order valence-electron chi connectivity index (χ0n) is 22.1. The maximum absolute atomic E-state index is 2.44. The Labute approximate surface area is 218 Å². The van der Waals surface area contributed by atoms with Crippen LogP contribution in [0.25, 0.3) is 5.57 Å². The van der Waals surface area contributed by atoms with Crippen LogP contribution in [0.5, 0.6) is 0 Å². The van der Waals surface area contributed by atoms with Crippen LogP contribution in [-0.2, 0) is 12.8 Å². The summed E-state index contributed by atoms with van der Waals surface area (Å²) in [6, 6.07) is 18.9. The van der Waals surface area contributed by atoms with Crippen molar-refractivity contribution >= 4 is 5.57 Å². The van der Waals surface area contributed by atoms with Crippen molar-refractivity contribution in [1.82, 2.24) is 0 Å². The fourth-order valence-electron chi connectivity index (χ4n) is 7.47. The van der Waals surface area contributed by atoms with E-state index in [0.29, 0.717) is 5.92 Å². The molecular weight excluding hydrogens is 432 g/mol. The van der Waals surface area contributed by atoms with Crippen molar-refractivity contribution in [2.45, 2.75) is 83.5 Å². The van der Waals surface area contributed by atoms with Crippen LogP contribution in [0.1, 0.15) is 92.9 Å². The van der Waals surface area contributed by atoms with Crippen LogP contribution in [0.3, 0.4) is 0 Å². The fraction of sp³-hybridized carbons (Fsp3) is 0.444. The molecule has 0 spiro atoms. The zero-order valence-corrected chi connectivity index (χ0v) is 22.1. The Bertz CT molecular complexity index is 1150. The minimum absolute atomic E-state index is 0.399. The molecule has 186 valence electrons. The highest BCUT2D eigenvalue weighted by molar-refractivity contribution is 5.78. The number of hydrogen-bond acceptors (Lipinski definition) is 0. The van der Waals surface area contributed by atoms with E-state index in [0.717, 1.165) is 30.6 Å². The zero-order chi connectivity index (χ0) is 24.3. The highest BCUT2D eigenvalue weighted by Crippen LogP contribution is 2.44. The first-order chi connectivity index (χ1) is 17.8. The molecule has 4 aliphatic carbocycles. The third kappa shape index (κ3) is 4.97. The minimum Gasteiger partial charge on any atom is -0.0726 e. The molecule has 0 amide bonds. The van der Waals surface area contributed by atoms with Gasteiger partial charge in [0.1, 0.15) is 0 Å². The second kappa shape index (κ2) is 10.8. The molecule has 0 aromatic heterocycles. The Morgan fingerprint density at radius 3 is 2.06 bits per heavy atom. The molecular formula is C36H42. The molecule has 36 heavy (non-hydrogen) atoms. The Balaban J connectivity index is 1.11.